The molecule has 0 unspecified atom stereocenters. The maximum atomic E-state index is 12.1. The van der Waals surface area contributed by atoms with Crippen molar-refractivity contribution in [3.8, 4) is 11.5 Å². The van der Waals surface area contributed by atoms with E-state index in [0.29, 0.717) is 5.56 Å². The van der Waals surface area contributed by atoms with Crippen molar-refractivity contribution in [2.75, 3.05) is 0 Å². The summed E-state index contributed by atoms with van der Waals surface area (Å²) >= 11 is 0. The number of aromatic hydroxyl groups is 2. The number of aryl methyl sites for hydroxylation is 1. The summed E-state index contributed by atoms with van der Waals surface area (Å²) in [6.45, 7) is 2.06. The number of phenolic OH excluding ortho intramolecular Hbond substituents is 2. The van der Waals surface area contributed by atoms with Gasteiger partial charge in [-0.15, -0.1) is 0 Å². The second-order valence-electron chi connectivity index (χ2n) is 5.00. The number of nitrogens with zero attached hydrogens (tertiary/aromatic N) is 1. The van der Waals surface area contributed by atoms with Gasteiger partial charge in [0.2, 0.25) is 0 Å². The van der Waals surface area contributed by atoms with E-state index in [1.165, 1.54) is 36.5 Å². The highest BCUT2D eigenvalue weighted by Gasteiger charge is 2.12. The quantitative estimate of drug-likeness (QED) is 0.429. The first-order chi connectivity index (χ1) is 10.9. The van der Waals surface area contributed by atoms with Gasteiger partial charge in [-0.1, -0.05) is 25.5 Å². The van der Waals surface area contributed by atoms with Gasteiger partial charge in [-0.3, -0.25) is 0 Å². The highest BCUT2D eigenvalue weighted by Crippen LogP contribution is 2.24. The molecule has 0 fully saturated rings. The van der Waals surface area contributed by atoms with Crippen LogP contribution in [0.3, 0.4) is 0 Å². The minimum Gasteiger partial charge on any atom is -0.504 e. The van der Waals surface area contributed by atoms with Crippen LogP contribution < -0.4 is 4.83 Å². The van der Waals surface area contributed by atoms with Gasteiger partial charge in [0.15, 0.2) is 11.5 Å². The summed E-state index contributed by atoms with van der Waals surface area (Å²) in [5.41, 5.74) is 1.52. The molecule has 0 heterocycles. The van der Waals surface area contributed by atoms with E-state index >= 15 is 0 Å². The fourth-order valence-corrected chi connectivity index (χ4v) is 2.76. The van der Waals surface area contributed by atoms with E-state index in [4.69, 9.17) is 0 Å². The molecule has 0 atom stereocenters. The Balaban J connectivity index is 2.08. The van der Waals surface area contributed by atoms with E-state index in [1.54, 1.807) is 12.1 Å². The van der Waals surface area contributed by atoms with Crippen LogP contribution in [0.2, 0.25) is 0 Å². The molecule has 0 spiro atoms. The molecule has 6 nitrogen and oxygen atoms in total. The average Bonchev–Trinajstić information content (AvgIpc) is 2.51. The molecular formula is C16H18N2O4S. The lowest BCUT2D eigenvalue weighted by Crippen LogP contribution is -2.18. The molecule has 23 heavy (non-hydrogen) atoms. The van der Waals surface area contributed by atoms with Crippen molar-refractivity contribution in [3.05, 3.63) is 53.6 Å². The Morgan fingerprint density at radius 1 is 1.09 bits per heavy atom. The minimum absolute atomic E-state index is 0.128. The summed E-state index contributed by atoms with van der Waals surface area (Å²) in [5, 5.41) is 22.2. The second-order valence-corrected chi connectivity index (χ2v) is 6.66. The largest absolute Gasteiger partial charge is 0.504 e. The number of hydrazone groups is 1. The fraction of sp³-hybridized carbons (Fsp3) is 0.188. The lowest BCUT2D eigenvalue weighted by molar-refractivity contribution is 0.403. The number of nitrogens with one attached hydrogen (secondary N) is 1. The number of sulfonamides is 1. The molecule has 7 heteroatoms. The molecule has 0 saturated heterocycles. The Bertz CT molecular complexity index is 799. The maximum Gasteiger partial charge on any atom is 0.276 e. The number of rotatable bonds is 6. The van der Waals surface area contributed by atoms with E-state index < -0.39 is 10.0 Å². The van der Waals surface area contributed by atoms with Crippen LogP contribution in [0.15, 0.2) is 52.5 Å². The third kappa shape index (κ3) is 4.46. The zero-order chi connectivity index (χ0) is 16.9. The molecule has 0 aromatic heterocycles. The zero-order valence-electron chi connectivity index (χ0n) is 12.6. The van der Waals surface area contributed by atoms with Crippen LogP contribution in [0.4, 0.5) is 0 Å². The summed E-state index contributed by atoms with van der Waals surface area (Å²) in [6, 6.07) is 10.7. The maximum absolute atomic E-state index is 12.1. The highest BCUT2D eigenvalue weighted by atomic mass is 32.2. The smallest absolute Gasteiger partial charge is 0.276 e. The molecule has 2 rings (SSSR count). The molecule has 0 amide bonds. The van der Waals surface area contributed by atoms with E-state index in [9.17, 15) is 18.6 Å². The molecule has 0 bridgehead atoms. The predicted octanol–water partition coefficient (Wildman–Crippen LogP) is 2.36. The third-order valence-electron chi connectivity index (χ3n) is 3.16. The van der Waals surface area contributed by atoms with Gasteiger partial charge in [0, 0.05) is 0 Å². The Morgan fingerprint density at radius 3 is 2.39 bits per heavy atom. The van der Waals surface area contributed by atoms with Crippen molar-refractivity contribution < 1.29 is 18.6 Å². The molecule has 122 valence electrons. The molecular weight excluding hydrogens is 316 g/mol. The molecule has 3 N–H and O–H groups in total. The molecule has 0 aliphatic carbocycles. The van der Waals surface area contributed by atoms with Crippen LogP contribution in [0, 0.1) is 0 Å². The lowest BCUT2D eigenvalue weighted by atomic mass is 10.1. The third-order valence-corrected chi connectivity index (χ3v) is 4.40. The standard InChI is InChI=1S/C16H18N2O4S/c1-2-3-12-4-7-14(8-5-12)23(21,22)18-17-11-13-6-9-15(19)16(20)10-13/h4-11,18-20H,2-3H2,1H3/b17-11-. The Labute approximate surface area is 135 Å². The van der Waals surface area contributed by atoms with E-state index in [2.05, 4.69) is 16.9 Å². The number of hydrogen-bond acceptors (Lipinski definition) is 5. The van der Waals surface area contributed by atoms with E-state index in [0.717, 1.165) is 18.4 Å². The van der Waals surface area contributed by atoms with Crippen molar-refractivity contribution in [2.45, 2.75) is 24.7 Å². The molecule has 0 aliphatic rings. The van der Waals surface area contributed by atoms with Gasteiger partial charge >= 0.3 is 0 Å². The van der Waals surface area contributed by atoms with Gasteiger partial charge in [0.05, 0.1) is 11.1 Å². The van der Waals surface area contributed by atoms with Crippen LogP contribution in [0.25, 0.3) is 0 Å². The minimum atomic E-state index is -3.74. The topological polar surface area (TPSA) is 99.0 Å². The zero-order valence-corrected chi connectivity index (χ0v) is 13.4. The summed E-state index contributed by atoms with van der Waals surface area (Å²) in [6.07, 6.45) is 3.13. The van der Waals surface area contributed by atoms with Crippen molar-refractivity contribution in [1.29, 1.82) is 0 Å². The van der Waals surface area contributed by atoms with Gasteiger partial charge < -0.3 is 10.2 Å². The van der Waals surface area contributed by atoms with Gasteiger partial charge in [0.1, 0.15) is 0 Å². The van der Waals surface area contributed by atoms with Crippen molar-refractivity contribution in [2.24, 2.45) is 5.10 Å². The Morgan fingerprint density at radius 2 is 1.78 bits per heavy atom. The van der Waals surface area contributed by atoms with Gasteiger partial charge in [-0.2, -0.15) is 13.5 Å². The molecule has 0 saturated carbocycles. The van der Waals surface area contributed by atoms with Crippen LogP contribution in [-0.4, -0.2) is 24.8 Å². The van der Waals surface area contributed by atoms with Crippen LogP contribution in [0.1, 0.15) is 24.5 Å². The number of benzene rings is 2. The number of phenols is 2. The highest BCUT2D eigenvalue weighted by molar-refractivity contribution is 7.89. The normalized spacial score (nSPS) is 11.7. The second kappa shape index (κ2) is 7.15. The summed E-state index contributed by atoms with van der Waals surface area (Å²) in [5.74, 6) is -0.557. The van der Waals surface area contributed by atoms with Crippen molar-refractivity contribution in [3.63, 3.8) is 0 Å². The fourth-order valence-electron chi connectivity index (χ4n) is 1.97. The molecule has 2 aromatic carbocycles. The van der Waals surface area contributed by atoms with Gasteiger partial charge in [-0.05, 0) is 47.9 Å². The monoisotopic (exact) mass is 334 g/mol. The predicted molar refractivity (Wildman–Crippen MR) is 88.1 cm³/mol. The number of hydrogen-bond donors (Lipinski definition) is 3. The van der Waals surface area contributed by atoms with Crippen LogP contribution >= 0.6 is 0 Å². The first kappa shape index (κ1) is 16.8. The molecule has 2 aromatic rings. The lowest BCUT2D eigenvalue weighted by Gasteiger charge is -2.05. The molecule has 0 aliphatic heterocycles. The van der Waals surface area contributed by atoms with Crippen molar-refractivity contribution in [1.82, 2.24) is 4.83 Å². The summed E-state index contributed by atoms with van der Waals surface area (Å²) < 4.78 is 24.2. The van der Waals surface area contributed by atoms with Crippen molar-refractivity contribution >= 4 is 16.2 Å². The summed E-state index contributed by atoms with van der Waals surface area (Å²) in [4.78, 5) is 2.23. The summed E-state index contributed by atoms with van der Waals surface area (Å²) in [7, 11) is -3.74. The first-order valence-corrected chi connectivity index (χ1v) is 8.56. The average molecular weight is 334 g/mol. The Kier molecular flexibility index (Phi) is 5.23. The SMILES string of the molecule is CCCc1ccc(S(=O)(=O)N/N=C\c2ccc(O)c(O)c2)cc1. The Hall–Kier alpha value is -2.54. The molecule has 0 radical (unpaired) electrons. The van der Waals surface area contributed by atoms with E-state index in [-0.39, 0.29) is 16.4 Å². The van der Waals surface area contributed by atoms with Crippen LogP contribution in [-0.2, 0) is 16.4 Å². The van der Waals surface area contributed by atoms with Gasteiger partial charge in [0.25, 0.3) is 10.0 Å². The van der Waals surface area contributed by atoms with E-state index in [1.807, 2.05) is 0 Å². The van der Waals surface area contributed by atoms with Gasteiger partial charge in [-0.25, -0.2) is 4.83 Å². The first-order valence-electron chi connectivity index (χ1n) is 7.08. The van der Waals surface area contributed by atoms with Crippen LogP contribution in [0.5, 0.6) is 11.5 Å².